The van der Waals surface area contributed by atoms with E-state index in [1.165, 1.54) is 64.2 Å². The molecule has 0 radical (unpaired) electrons. The van der Waals surface area contributed by atoms with E-state index in [9.17, 15) is 5.11 Å². The van der Waals surface area contributed by atoms with Gasteiger partial charge in [-0.05, 0) is 117 Å². The number of hydrogen-bond acceptors (Lipinski definition) is 1. The van der Waals surface area contributed by atoms with Gasteiger partial charge in [0.15, 0.2) is 0 Å². The summed E-state index contributed by atoms with van der Waals surface area (Å²) in [4.78, 5) is 0. The number of rotatable bonds is 0. The van der Waals surface area contributed by atoms with Crippen LogP contribution in [0, 0.1) is 40.4 Å². The Bertz CT molecular complexity index is 538. The smallest absolute Gasteiger partial charge is 0.0543 e. The van der Waals surface area contributed by atoms with Crippen molar-refractivity contribution >= 4 is 0 Å². The number of hydrogen-bond donors (Lipinski definition) is 1. The summed E-state index contributed by atoms with van der Waals surface area (Å²) in [7, 11) is 0. The summed E-state index contributed by atoms with van der Waals surface area (Å²) in [5.41, 5.74) is 2.81. The second kappa shape index (κ2) is 5.35. The van der Waals surface area contributed by atoms with Gasteiger partial charge < -0.3 is 5.11 Å². The predicted octanol–water partition coefficient (Wildman–Crippen LogP) is 5.73. The molecule has 5 saturated carbocycles. The van der Waals surface area contributed by atoms with Crippen molar-refractivity contribution in [1.29, 1.82) is 0 Å². The van der Waals surface area contributed by atoms with E-state index in [1.54, 1.807) is 5.57 Å². The van der Waals surface area contributed by atoms with E-state index in [0.717, 1.165) is 42.4 Å². The van der Waals surface area contributed by atoms with Crippen molar-refractivity contribution in [3.05, 3.63) is 12.2 Å². The van der Waals surface area contributed by atoms with Gasteiger partial charge in [0, 0.05) is 0 Å². The summed E-state index contributed by atoms with van der Waals surface area (Å²) >= 11 is 0. The van der Waals surface area contributed by atoms with Gasteiger partial charge in [-0.25, -0.2) is 0 Å². The summed E-state index contributed by atoms with van der Waals surface area (Å²) in [6, 6.07) is 0. The Morgan fingerprint density at radius 2 is 1.83 bits per heavy atom. The third-order valence-corrected chi connectivity index (χ3v) is 9.99. The van der Waals surface area contributed by atoms with Gasteiger partial charge >= 0.3 is 0 Å². The van der Waals surface area contributed by atoms with Gasteiger partial charge in [-0.1, -0.05) is 19.1 Å². The van der Waals surface area contributed by atoms with Crippen molar-refractivity contribution in [2.75, 3.05) is 0 Å². The highest BCUT2D eigenvalue weighted by atomic mass is 16.3. The maximum Gasteiger partial charge on any atom is 0.0543 e. The lowest BCUT2D eigenvalue weighted by atomic mass is 9.43. The molecule has 134 valence electrons. The molecule has 1 nitrogen and oxygen atoms in total. The van der Waals surface area contributed by atoms with E-state index in [2.05, 4.69) is 13.5 Å². The van der Waals surface area contributed by atoms with Crippen molar-refractivity contribution in [3.63, 3.8) is 0 Å². The van der Waals surface area contributed by atoms with Crippen LogP contribution in [0.2, 0.25) is 0 Å². The minimum absolute atomic E-state index is 0.00733. The lowest BCUT2D eigenvalue weighted by Gasteiger charge is -2.62. The van der Waals surface area contributed by atoms with Crippen LogP contribution in [0.25, 0.3) is 0 Å². The first-order valence-corrected chi connectivity index (χ1v) is 10.9. The second-order valence-electron chi connectivity index (χ2n) is 10.5. The van der Waals surface area contributed by atoms with Crippen LogP contribution in [0.1, 0.15) is 84.0 Å². The average Bonchev–Trinajstić information content (AvgIpc) is 2.96. The maximum atomic E-state index is 10.2. The number of fused-ring (bicyclic) bond motifs is 4. The van der Waals surface area contributed by atoms with Gasteiger partial charge in [0.2, 0.25) is 0 Å². The van der Waals surface area contributed by atoms with Crippen LogP contribution in [-0.4, -0.2) is 11.2 Å². The minimum Gasteiger partial charge on any atom is -0.393 e. The zero-order valence-electron chi connectivity index (χ0n) is 15.6. The van der Waals surface area contributed by atoms with E-state index < -0.39 is 0 Å². The molecule has 5 fully saturated rings. The van der Waals surface area contributed by atoms with Crippen molar-refractivity contribution in [3.8, 4) is 0 Å². The molecular formula is C23H36O. The summed E-state index contributed by atoms with van der Waals surface area (Å²) in [5.74, 6) is 4.62. The molecule has 5 rings (SSSR count). The highest BCUT2D eigenvalue weighted by Crippen LogP contribution is 2.70. The zero-order valence-corrected chi connectivity index (χ0v) is 15.6. The van der Waals surface area contributed by atoms with Crippen molar-refractivity contribution in [1.82, 2.24) is 0 Å². The third-order valence-electron chi connectivity index (χ3n) is 9.99. The lowest BCUT2D eigenvalue weighted by molar-refractivity contribution is -0.132. The Labute approximate surface area is 148 Å². The van der Waals surface area contributed by atoms with Gasteiger partial charge in [0.05, 0.1) is 6.10 Å². The molecule has 0 amide bonds. The molecule has 5 aliphatic rings. The van der Waals surface area contributed by atoms with Gasteiger partial charge in [-0.15, -0.1) is 0 Å². The van der Waals surface area contributed by atoms with Gasteiger partial charge in [0.25, 0.3) is 0 Å². The van der Waals surface area contributed by atoms with Gasteiger partial charge in [-0.2, -0.15) is 0 Å². The Hall–Kier alpha value is -0.300. The Kier molecular flexibility index (Phi) is 3.55. The van der Waals surface area contributed by atoms with Crippen LogP contribution in [0.4, 0.5) is 0 Å². The molecule has 0 saturated heterocycles. The predicted molar refractivity (Wildman–Crippen MR) is 98.5 cm³/mol. The van der Waals surface area contributed by atoms with Crippen molar-refractivity contribution in [2.24, 2.45) is 40.4 Å². The molecule has 1 heteroatoms. The molecule has 0 aliphatic heterocycles. The fourth-order valence-electron chi connectivity index (χ4n) is 8.96. The monoisotopic (exact) mass is 328 g/mol. The van der Waals surface area contributed by atoms with Crippen LogP contribution >= 0.6 is 0 Å². The fraction of sp³-hybridized carbons (Fsp3) is 0.913. The molecule has 1 spiro atoms. The largest absolute Gasteiger partial charge is 0.393 e. The number of allylic oxidation sites excluding steroid dienone is 1. The van der Waals surface area contributed by atoms with E-state index >= 15 is 0 Å². The third kappa shape index (κ3) is 1.97. The van der Waals surface area contributed by atoms with Crippen LogP contribution in [0.3, 0.4) is 0 Å². The quantitative estimate of drug-likeness (QED) is 0.563. The molecule has 0 heterocycles. The van der Waals surface area contributed by atoms with Crippen molar-refractivity contribution in [2.45, 2.75) is 90.1 Å². The molecule has 0 bridgehead atoms. The first-order chi connectivity index (χ1) is 11.5. The van der Waals surface area contributed by atoms with Crippen molar-refractivity contribution < 1.29 is 5.11 Å². The standard InChI is InChI=1S/C23H36O/c1-15-4-3-11-23-13-10-20-18(21(23)8-7-19(15)23)6-5-16-14-17(24)9-12-22(16,20)2/h16-21,24H,1,3-14H2,2H3/t16-,17-,18?,19-,20?,21?,22+,23-/m1/s1. The van der Waals surface area contributed by atoms with E-state index in [4.69, 9.17) is 0 Å². The lowest BCUT2D eigenvalue weighted by Crippen LogP contribution is -2.54. The Morgan fingerprint density at radius 1 is 0.958 bits per heavy atom. The average molecular weight is 329 g/mol. The van der Waals surface area contributed by atoms with E-state index in [-0.39, 0.29) is 6.10 Å². The maximum absolute atomic E-state index is 10.2. The molecule has 0 aromatic heterocycles. The summed E-state index contributed by atoms with van der Waals surface area (Å²) in [6.45, 7) is 7.12. The molecule has 5 aliphatic carbocycles. The Balaban J connectivity index is 1.46. The van der Waals surface area contributed by atoms with E-state index in [0.29, 0.717) is 10.8 Å². The summed E-state index contributed by atoms with van der Waals surface area (Å²) in [5, 5.41) is 10.2. The SMILES string of the molecule is C=C1CCC[C@]23CCC4C(CC[C@@H]5C[C@H](O)CC[C@]45C)C2CC[C@H]13. The highest BCUT2D eigenvalue weighted by molar-refractivity contribution is 5.19. The highest BCUT2D eigenvalue weighted by Gasteiger charge is 2.62. The molecule has 0 aromatic rings. The fourth-order valence-corrected chi connectivity index (χ4v) is 8.96. The minimum atomic E-state index is -0.00733. The first-order valence-electron chi connectivity index (χ1n) is 10.9. The van der Waals surface area contributed by atoms with E-state index in [1.807, 2.05) is 0 Å². The van der Waals surface area contributed by atoms with Crippen LogP contribution in [0.5, 0.6) is 0 Å². The molecular weight excluding hydrogens is 292 g/mol. The first kappa shape index (κ1) is 15.9. The number of aliphatic hydroxyl groups is 1. The van der Waals surface area contributed by atoms with Gasteiger partial charge in [0.1, 0.15) is 0 Å². The number of aliphatic hydroxyl groups excluding tert-OH is 1. The summed E-state index contributed by atoms with van der Waals surface area (Å²) in [6.07, 6.45) is 16.4. The van der Waals surface area contributed by atoms with Gasteiger partial charge in [-0.3, -0.25) is 0 Å². The second-order valence-corrected chi connectivity index (χ2v) is 10.5. The molecule has 24 heavy (non-hydrogen) atoms. The topological polar surface area (TPSA) is 20.2 Å². The normalized spacial score (nSPS) is 56.8. The molecule has 0 aromatic carbocycles. The molecule has 8 atom stereocenters. The summed E-state index contributed by atoms with van der Waals surface area (Å²) < 4.78 is 0. The molecule has 3 unspecified atom stereocenters. The Morgan fingerprint density at radius 3 is 2.71 bits per heavy atom. The van der Waals surface area contributed by atoms with Crippen LogP contribution in [0.15, 0.2) is 12.2 Å². The van der Waals surface area contributed by atoms with Crippen LogP contribution in [-0.2, 0) is 0 Å². The molecule has 1 N–H and O–H groups in total. The van der Waals surface area contributed by atoms with Crippen LogP contribution < -0.4 is 0 Å². The zero-order chi connectivity index (χ0) is 16.5.